The Balaban J connectivity index is 2.17. The van der Waals surface area contributed by atoms with Crippen LogP contribution in [-0.4, -0.2) is 17.6 Å². The van der Waals surface area contributed by atoms with Crippen LogP contribution >= 0.6 is 23.2 Å². The van der Waals surface area contributed by atoms with Crippen LogP contribution in [0.4, 0.5) is 8.78 Å². The first-order chi connectivity index (χ1) is 8.86. The van der Waals surface area contributed by atoms with E-state index in [1.807, 2.05) is 0 Å². The second-order valence-corrected chi connectivity index (χ2v) is 5.10. The maximum Gasteiger partial charge on any atom is 0.309 e. The number of hydrogen-bond acceptors (Lipinski definition) is 3. The molecule has 0 amide bonds. The third-order valence-corrected chi connectivity index (χ3v) is 3.38. The average molecular weight is 310 g/mol. The first-order valence-corrected chi connectivity index (χ1v) is 6.49. The molecule has 3 nitrogen and oxygen atoms in total. The van der Waals surface area contributed by atoms with Crippen LogP contribution in [0.5, 0.6) is 0 Å². The van der Waals surface area contributed by atoms with Crippen molar-refractivity contribution in [2.45, 2.75) is 19.3 Å². The summed E-state index contributed by atoms with van der Waals surface area (Å²) in [5, 5.41) is -0.203. The van der Waals surface area contributed by atoms with Gasteiger partial charge in [-0.05, 0) is 25.5 Å². The molecule has 1 aromatic rings. The molecule has 2 rings (SSSR count). The van der Waals surface area contributed by atoms with E-state index in [2.05, 4.69) is 4.98 Å². The molecule has 1 saturated carbocycles. The average Bonchev–Trinajstić information content (AvgIpc) is 3.08. The van der Waals surface area contributed by atoms with Gasteiger partial charge in [-0.2, -0.15) is 0 Å². The van der Waals surface area contributed by atoms with E-state index < -0.39 is 23.7 Å². The highest BCUT2D eigenvalue weighted by Crippen LogP contribution is 2.55. The molecule has 1 fully saturated rings. The van der Waals surface area contributed by atoms with Crippen LogP contribution in [0.15, 0.2) is 12.1 Å². The molecule has 1 aliphatic carbocycles. The summed E-state index contributed by atoms with van der Waals surface area (Å²) in [6.45, 7) is 1.82. The largest absolute Gasteiger partial charge is 0.466 e. The molecule has 0 bridgehead atoms. The lowest BCUT2D eigenvalue weighted by molar-refractivity contribution is -0.147. The molecule has 1 heterocycles. The molecular weight excluding hydrogens is 299 g/mol. The molecule has 0 N–H and O–H groups in total. The van der Waals surface area contributed by atoms with Crippen molar-refractivity contribution in [3.63, 3.8) is 0 Å². The van der Waals surface area contributed by atoms with Gasteiger partial charge >= 0.3 is 5.97 Å². The minimum atomic E-state index is -3.17. The highest BCUT2D eigenvalue weighted by Gasteiger charge is 2.59. The Bertz CT molecular complexity index is 490. The van der Waals surface area contributed by atoms with Gasteiger partial charge in [0.2, 0.25) is 0 Å². The van der Waals surface area contributed by atoms with Gasteiger partial charge in [-0.15, -0.1) is 0 Å². The van der Waals surface area contributed by atoms with Gasteiger partial charge in [0, 0.05) is 11.5 Å². The fourth-order valence-corrected chi connectivity index (χ4v) is 2.44. The van der Waals surface area contributed by atoms with Gasteiger partial charge in [0.25, 0.3) is 5.92 Å². The summed E-state index contributed by atoms with van der Waals surface area (Å²) in [5.74, 6) is -5.59. The summed E-state index contributed by atoms with van der Waals surface area (Å²) in [4.78, 5) is 15.0. The molecule has 1 aliphatic rings. The predicted molar refractivity (Wildman–Crippen MR) is 66.4 cm³/mol. The molecule has 7 heteroatoms. The third kappa shape index (κ3) is 2.98. The Morgan fingerprint density at radius 2 is 2.05 bits per heavy atom. The first kappa shape index (κ1) is 14.5. The third-order valence-electron chi connectivity index (χ3n) is 2.99. The molecule has 0 aliphatic heterocycles. The monoisotopic (exact) mass is 309 g/mol. The second-order valence-electron chi connectivity index (χ2n) is 4.32. The fourth-order valence-electron chi connectivity index (χ4n) is 1.98. The van der Waals surface area contributed by atoms with Crippen molar-refractivity contribution in [1.82, 2.24) is 4.98 Å². The van der Waals surface area contributed by atoms with Crippen LogP contribution in [0.25, 0.3) is 0 Å². The lowest BCUT2D eigenvalue weighted by Crippen LogP contribution is -2.20. The molecule has 1 aromatic heterocycles. The zero-order valence-electron chi connectivity index (χ0n) is 10.00. The number of hydrogen-bond donors (Lipinski definition) is 0. The summed E-state index contributed by atoms with van der Waals surface area (Å²) < 4.78 is 33.1. The van der Waals surface area contributed by atoms with Gasteiger partial charge in [0.1, 0.15) is 10.3 Å². The molecule has 104 valence electrons. The van der Waals surface area contributed by atoms with Crippen molar-refractivity contribution in [2.24, 2.45) is 11.8 Å². The Kier molecular flexibility index (Phi) is 3.97. The minimum Gasteiger partial charge on any atom is -0.466 e. The van der Waals surface area contributed by atoms with Gasteiger partial charge in [0.05, 0.1) is 12.5 Å². The van der Waals surface area contributed by atoms with Gasteiger partial charge in [-0.3, -0.25) is 4.79 Å². The number of nitrogens with zero attached hydrogens (tertiary/aromatic N) is 1. The molecule has 2 atom stereocenters. The fraction of sp³-hybridized carbons (Fsp3) is 0.500. The molecule has 0 saturated heterocycles. The van der Waals surface area contributed by atoms with Gasteiger partial charge in [-0.1, -0.05) is 23.2 Å². The Morgan fingerprint density at radius 1 is 1.47 bits per heavy atom. The summed E-state index contributed by atoms with van der Waals surface area (Å²) >= 11 is 11.2. The number of aromatic nitrogens is 1. The number of esters is 1. The van der Waals surface area contributed by atoms with Crippen molar-refractivity contribution in [3.05, 3.63) is 28.0 Å². The van der Waals surface area contributed by atoms with Crippen LogP contribution in [0.1, 0.15) is 18.9 Å². The minimum absolute atomic E-state index is 0.101. The van der Waals surface area contributed by atoms with E-state index in [0.29, 0.717) is 0 Å². The lowest BCUT2D eigenvalue weighted by Gasteiger charge is -2.17. The standard InChI is InChI=1S/C12H11Cl2F2NO2/c1-2-19-11(18)7-5-8(7)12(15,16)6-3-9(13)17-10(14)4-6/h3-4,7-8H,2,5H2,1H3/t7-,8?/m1/s1. The number of rotatable bonds is 4. The maximum absolute atomic E-state index is 14.2. The number of carbonyl (C=O) groups excluding carboxylic acids is 1. The van der Waals surface area contributed by atoms with E-state index in [0.717, 1.165) is 12.1 Å². The number of carbonyl (C=O) groups is 1. The highest BCUT2D eigenvalue weighted by molar-refractivity contribution is 6.32. The number of pyridine rings is 1. The van der Waals surface area contributed by atoms with Crippen molar-refractivity contribution in [2.75, 3.05) is 6.61 Å². The first-order valence-electron chi connectivity index (χ1n) is 5.74. The molecule has 0 spiro atoms. The van der Waals surface area contributed by atoms with E-state index in [4.69, 9.17) is 27.9 Å². The van der Waals surface area contributed by atoms with Crippen LogP contribution in [0, 0.1) is 11.8 Å². The zero-order chi connectivity index (χ0) is 14.2. The molecular formula is C12H11Cl2F2NO2. The Morgan fingerprint density at radius 3 is 2.58 bits per heavy atom. The van der Waals surface area contributed by atoms with Crippen molar-refractivity contribution in [3.8, 4) is 0 Å². The topological polar surface area (TPSA) is 39.2 Å². The SMILES string of the molecule is CCOC(=O)[C@@H]1CC1C(F)(F)c1cc(Cl)nc(Cl)c1. The van der Waals surface area contributed by atoms with Gasteiger partial charge in [0.15, 0.2) is 0 Å². The van der Waals surface area contributed by atoms with Crippen LogP contribution in [0.3, 0.4) is 0 Å². The lowest BCUT2D eigenvalue weighted by atomic mass is 10.0. The molecule has 0 aromatic carbocycles. The van der Waals surface area contributed by atoms with E-state index >= 15 is 0 Å². The smallest absolute Gasteiger partial charge is 0.309 e. The van der Waals surface area contributed by atoms with Gasteiger partial charge < -0.3 is 4.74 Å². The summed E-state index contributed by atoms with van der Waals surface area (Å²) in [6, 6.07) is 2.13. The Labute approximate surface area is 118 Å². The second kappa shape index (κ2) is 5.21. The maximum atomic E-state index is 14.2. The van der Waals surface area contributed by atoms with Crippen LogP contribution in [0.2, 0.25) is 10.3 Å². The summed E-state index contributed by atoms with van der Waals surface area (Å²) in [5.41, 5.74) is -0.325. The van der Waals surface area contributed by atoms with Gasteiger partial charge in [-0.25, -0.2) is 13.8 Å². The van der Waals surface area contributed by atoms with E-state index in [1.54, 1.807) is 6.92 Å². The number of halogens is 4. The van der Waals surface area contributed by atoms with E-state index in [-0.39, 0.29) is 28.9 Å². The number of ether oxygens (including phenoxy) is 1. The van der Waals surface area contributed by atoms with Crippen molar-refractivity contribution >= 4 is 29.2 Å². The normalized spacial score (nSPS) is 22.2. The molecule has 1 unspecified atom stereocenters. The summed E-state index contributed by atoms with van der Waals surface area (Å²) in [7, 11) is 0. The quantitative estimate of drug-likeness (QED) is 0.629. The number of alkyl halides is 2. The predicted octanol–water partition coefficient (Wildman–Crippen LogP) is 3.68. The van der Waals surface area contributed by atoms with Crippen LogP contribution in [-0.2, 0) is 15.5 Å². The summed E-state index contributed by atoms with van der Waals surface area (Å²) in [6.07, 6.45) is 0.101. The van der Waals surface area contributed by atoms with E-state index in [1.165, 1.54) is 0 Å². The molecule has 0 radical (unpaired) electrons. The van der Waals surface area contributed by atoms with Crippen LogP contribution < -0.4 is 0 Å². The van der Waals surface area contributed by atoms with E-state index in [9.17, 15) is 13.6 Å². The Hall–Kier alpha value is -0.940. The van der Waals surface area contributed by atoms with Crippen molar-refractivity contribution < 1.29 is 18.3 Å². The molecule has 19 heavy (non-hydrogen) atoms. The van der Waals surface area contributed by atoms with Crippen molar-refractivity contribution in [1.29, 1.82) is 0 Å². The zero-order valence-corrected chi connectivity index (χ0v) is 11.5. The highest BCUT2D eigenvalue weighted by atomic mass is 35.5.